The lowest BCUT2D eigenvalue weighted by molar-refractivity contribution is 0.271. The highest BCUT2D eigenvalue weighted by Gasteiger charge is 2.19. The van der Waals surface area contributed by atoms with E-state index < -0.39 is 0 Å². The second kappa shape index (κ2) is 10.0. The third-order valence-corrected chi connectivity index (χ3v) is 7.65. The van der Waals surface area contributed by atoms with Gasteiger partial charge in [-0.2, -0.15) is 0 Å². The van der Waals surface area contributed by atoms with Crippen molar-refractivity contribution in [1.29, 1.82) is 0 Å². The number of piperazine rings is 1. The molecule has 0 bridgehead atoms. The van der Waals surface area contributed by atoms with Crippen LogP contribution in [0.4, 0.5) is 22.6 Å². The summed E-state index contributed by atoms with van der Waals surface area (Å²) in [7, 11) is 0. The van der Waals surface area contributed by atoms with Gasteiger partial charge in [-0.15, -0.1) is 0 Å². The molecule has 3 aromatic rings. The molecule has 1 saturated carbocycles. The number of thiazole rings is 1. The zero-order valence-electron chi connectivity index (χ0n) is 19.4. The average Bonchev–Trinajstić information content (AvgIpc) is 3.49. The van der Waals surface area contributed by atoms with Crippen LogP contribution in [0.1, 0.15) is 38.3 Å². The van der Waals surface area contributed by atoms with E-state index in [9.17, 15) is 0 Å². The summed E-state index contributed by atoms with van der Waals surface area (Å²) in [5, 5.41) is 7.84. The van der Waals surface area contributed by atoms with Crippen LogP contribution in [0.2, 0.25) is 0 Å². The zero-order chi connectivity index (χ0) is 22.6. The first-order valence-electron chi connectivity index (χ1n) is 12.0. The van der Waals surface area contributed by atoms with Gasteiger partial charge in [0.1, 0.15) is 5.82 Å². The maximum absolute atomic E-state index is 4.74. The summed E-state index contributed by atoms with van der Waals surface area (Å²) in [4.78, 5) is 24.4. The summed E-state index contributed by atoms with van der Waals surface area (Å²) in [5.41, 5.74) is 3.04. The Morgan fingerprint density at radius 3 is 2.58 bits per heavy atom. The van der Waals surface area contributed by atoms with Gasteiger partial charge in [-0.05, 0) is 44.5 Å². The largest absolute Gasteiger partial charge is 0.368 e. The third kappa shape index (κ3) is 5.25. The number of likely N-dealkylation sites (N-methyl/N-ethyl adjacent to an activating group) is 1. The predicted octanol–water partition coefficient (Wildman–Crippen LogP) is 4.54. The second-order valence-corrected chi connectivity index (χ2v) is 9.77. The van der Waals surface area contributed by atoms with Crippen LogP contribution >= 0.6 is 11.3 Å². The Balaban J connectivity index is 1.25. The predicted molar refractivity (Wildman–Crippen MR) is 136 cm³/mol. The maximum Gasteiger partial charge on any atom is 0.228 e. The molecule has 8 nitrogen and oxygen atoms in total. The molecule has 174 valence electrons. The van der Waals surface area contributed by atoms with Crippen molar-refractivity contribution in [2.24, 2.45) is 0 Å². The number of aromatic nitrogens is 4. The zero-order valence-corrected chi connectivity index (χ0v) is 20.2. The van der Waals surface area contributed by atoms with Gasteiger partial charge in [-0.1, -0.05) is 31.1 Å². The summed E-state index contributed by atoms with van der Waals surface area (Å²) in [6, 6.07) is 6.61. The Morgan fingerprint density at radius 1 is 1.03 bits per heavy atom. The highest BCUT2D eigenvalue weighted by Crippen LogP contribution is 2.33. The van der Waals surface area contributed by atoms with E-state index in [2.05, 4.69) is 43.4 Å². The first kappa shape index (κ1) is 22.0. The molecule has 0 spiro atoms. The minimum Gasteiger partial charge on any atom is -0.368 e. The average molecular weight is 465 g/mol. The Kier molecular flexibility index (Phi) is 6.68. The van der Waals surface area contributed by atoms with Gasteiger partial charge >= 0.3 is 0 Å². The standard InChI is InChI=1S/C24H32N8S/c1-3-31-12-14-32(15-13-31)19-8-9-21(26-16-19)30-23-25-11-10-20(29-23)22-17(2)27-24(33-22)28-18-6-4-5-7-18/h8-11,16,18H,3-7,12-15H2,1-2H3,(H,27,28)(H,25,26,29,30). The van der Waals surface area contributed by atoms with Crippen molar-refractivity contribution in [1.82, 2.24) is 24.8 Å². The maximum atomic E-state index is 4.74. The fourth-order valence-electron chi connectivity index (χ4n) is 4.57. The van der Waals surface area contributed by atoms with Crippen molar-refractivity contribution < 1.29 is 0 Å². The van der Waals surface area contributed by atoms with Crippen molar-refractivity contribution in [3.63, 3.8) is 0 Å². The van der Waals surface area contributed by atoms with Crippen LogP contribution in [0.25, 0.3) is 10.6 Å². The van der Waals surface area contributed by atoms with E-state index in [0.29, 0.717) is 12.0 Å². The molecule has 0 unspecified atom stereocenters. The van der Waals surface area contributed by atoms with E-state index in [1.54, 1.807) is 17.5 Å². The molecule has 1 saturated heterocycles. The van der Waals surface area contributed by atoms with Crippen molar-refractivity contribution >= 4 is 33.9 Å². The van der Waals surface area contributed by atoms with Crippen LogP contribution in [0, 0.1) is 6.92 Å². The quantitative estimate of drug-likeness (QED) is 0.527. The summed E-state index contributed by atoms with van der Waals surface area (Å²) in [6.07, 6.45) is 8.80. The highest BCUT2D eigenvalue weighted by atomic mass is 32.1. The minimum absolute atomic E-state index is 0.544. The van der Waals surface area contributed by atoms with Crippen LogP contribution in [-0.4, -0.2) is 63.6 Å². The fraction of sp³-hybridized carbons (Fsp3) is 0.500. The summed E-state index contributed by atoms with van der Waals surface area (Å²) < 4.78 is 0. The molecule has 3 aromatic heterocycles. The van der Waals surface area contributed by atoms with Gasteiger partial charge in [-0.3, -0.25) is 0 Å². The Bertz CT molecular complexity index is 1050. The number of pyridine rings is 1. The number of aryl methyl sites for hydroxylation is 1. The number of rotatable bonds is 7. The van der Waals surface area contributed by atoms with Crippen molar-refractivity contribution in [3.05, 3.63) is 36.3 Å². The SMILES string of the molecule is CCN1CCN(c2ccc(Nc3nccc(-c4sc(NC5CCCC5)nc4C)n3)nc2)CC1. The first-order chi connectivity index (χ1) is 16.2. The minimum atomic E-state index is 0.544. The molecule has 2 aliphatic rings. The molecule has 0 amide bonds. The van der Waals surface area contributed by atoms with Crippen LogP contribution < -0.4 is 15.5 Å². The lowest BCUT2D eigenvalue weighted by Gasteiger charge is -2.35. The molecule has 1 aliphatic heterocycles. The molecule has 2 N–H and O–H groups in total. The summed E-state index contributed by atoms with van der Waals surface area (Å²) in [6.45, 7) is 9.67. The van der Waals surface area contributed by atoms with E-state index in [1.807, 2.05) is 25.3 Å². The van der Waals surface area contributed by atoms with Gasteiger partial charge in [0.25, 0.3) is 0 Å². The molecule has 9 heteroatoms. The first-order valence-corrected chi connectivity index (χ1v) is 12.8. The van der Waals surface area contributed by atoms with Gasteiger partial charge in [0.15, 0.2) is 5.13 Å². The Morgan fingerprint density at radius 2 is 1.85 bits per heavy atom. The van der Waals surface area contributed by atoms with E-state index in [-0.39, 0.29) is 0 Å². The lowest BCUT2D eigenvalue weighted by Crippen LogP contribution is -2.46. The second-order valence-electron chi connectivity index (χ2n) is 8.77. The summed E-state index contributed by atoms with van der Waals surface area (Å²) in [5.74, 6) is 1.29. The Labute approximate surface area is 199 Å². The van der Waals surface area contributed by atoms with E-state index in [4.69, 9.17) is 9.97 Å². The molecular weight excluding hydrogens is 432 g/mol. The van der Waals surface area contributed by atoms with Crippen molar-refractivity contribution in [2.45, 2.75) is 45.6 Å². The van der Waals surface area contributed by atoms with E-state index >= 15 is 0 Å². The van der Waals surface area contributed by atoms with E-state index in [1.165, 1.54) is 25.7 Å². The van der Waals surface area contributed by atoms with Crippen LogP contribution in [0.3, 0.4) is 0 Å². The monoisotopic (exact) mass is 464 g/mol. The summed E-state index contributed by atoms with van der Waals surface area (Å²) >= 11 is 1.67. The molecule has 1 aliphatic carbocycles. The number of hydrogen-bond donors (Lipinski definition) is 2. The van der Waals surface area contributed by atoms with Crippen LogP contribution in [-0.2, 0) is 0 Å². The topological polar surface area (TPSA) is 82.1 Å². The third-order valence-electron chi connectivity index (χ3n) is 6.54. The molecule has 2 fully saturated rings. The van der Waals surface area contributed by atoms with E-state index in [0.717, 1.165) is 65.6 Å². The molecule has 4 heterocycles. The van der Waals surface area contributed by atoms with Crippen molar-refractivity contribution in [2.75, 3.05) is 48.3 Å². The lowest BCUT2D eigenvalue weighted by atomic mass is 10.2. The smallest absolute Gasteiger partial charge is 0.228 e. The molecule has 0 radical (unpaired) electrons. The number of nitrogens with one attached hydrogen (secondary N) is 2. The van der Waals surface area contributed by atoms with Gasteiger partial charge in [-0.25, -0.2) is 19.9 Å². The van der Waals surface area contributed by atoms with Gasteiger partial charge in [0.2, 0.25) is 5.95 Å². The van der Waals surface area contributed by atoms with Crippen LogP contribution in [0.15, 0.2) is 30.6 Å². The van der Waals surface area contributed by atoms with Gasteiger partial charge < -0.3 is 20.4 Å². The van der Waals surface area contributed by atoms with Crippen LogP contribution in [0.5, 0.6) is 0 Å². The molecular formula is C24H32N8S. The van der Waals surface area contributed by atoms with Gasteiger partial charge in [0, 0.05) is 38.4 Å². The molecule has 0 atom stereocenters. The number of hydrogen-bond acceptors (Lipinski definition) is 9. The van der Waals surface area contributed by atoms with Crippen molar-refractivity contribution in [3.8, 4) is 10.6 Å². The highest BCUT2D eigenvalue weighted by molar-refractivity contribution is 7.19. The Hall–Kier alpha value is -2.78. The number of nitrogens with zero attached hydrogens (tertiary/aromatic N) is 6. The molecule has 33 heavy (non-hydrogen) atoms. The number of anilines is 4. The fourth-order valence-corrected chi connectivity index (χ4v) is 5.58. The molecule has 5 rings (SSSR count). The van der Waals surface area contributed by atoms with Gasteiger partial charge in [0.05, 0.1) is 28.1 Å². The molecule has 0 aromatic carbocycles. The normalized spacial score (nSPS) is 17.5.